The summed E-state index contributed by atoms with van der Waals surface area (Å²) in [4.78, 5) is 3.55. The van der Waals surface area contributed by atoms with Crippen molar-refractivity contribution < 1.29 is 12.8 Å². The summed E-state index contributed by atoms with van der Waals surface area (Å²) in [5.74, 6) is -0.688. The number of aryl methyl sites for hydroxylation is 1. The lowest BCUT2D eigenvalue weighted by Gasteiger charge is -2.09. The summed E-state index contributed by atoms with van der Waals surface area (Å²) in [6, 6.07) is 6.88. The van der Waals surface area contributed by atoms with Crippen LogP contribution in [0.25, 0.3) is 0 Å². The van der Waals surface area contributed by atoms with Crippen LogP contribution in [0.3, 0.4) is 0 Å². The number of anilines is 1. The monoisotopic (exact) mass is 344 g/mol. The van der Waals surface area contributed by atoms with Crippen molar-refractivity contribution in [2.24, 2.45) is 0 Å². The fourth-order valence-corrected chi connectivity index (χ4v) is 3.26. The molecule has 1 heterocycles. The van der Waals surface area contributed by atoms with Gasteiger partial charge in [-0.05, 0) is 46.6 Å². The Hall–Kier alpha value is -1.47. The number of hydrogen-bond donors (Lipinski definition) is 1. The molecule has 0 saturated heterocycles. The van der Waals surface area contributed by atoms with Gasteiger partial charge in [-0.15, -0.1) is 0 Å². The molecule has 1 N–H and O–H groups in total. The number of pyridine rings is 1. The van der Waals surface area contributed by atoms with E-state index in [1.54, 1.807) is 6.07 Å². The standard InChI is InChI=1S/C12H10BrFN2O2S/c1-8-6-9(13)12(15-7-8)16-19(17,18)11-5-3-2-4-10(11)14/h2-7H,1H3,(H,15,16). The summed E-state index contributed by atoms with van der Waals surface area (Å²) in [6.07, 6.45) is 1.52. The summed E-state index contributed by atoms with van der Waals surface area (Å²) < 4.78 is 40.3. The third kappa shape index (κ3) is 3.10. The van der Waals surface area contributed by atoms with E-state index in [1.165, 1.54) is 24.4 Å². The smallest absolute Gasteiger partial charge is 0.262 e. The molecule has 0 amide bonds. The average molecular weight is 345 g/mol. The maximum Gasteiger partial charge on any atom is 0.265 e. The van der Waals surface area contributed by atoms with Crippen LogP contribution in [-0.2, 0) is 10.0 Å². The minimum absolute atomic E-state index is 0.119. The molecule has 7 heteroatoms. The molecule has 0 aliphatic rings. The van der Waals surface area contributed by atoms with Crippen LogP contribution in [0.4, 0.5) is 10.2 Å². The van der Waals surface area contributed by atoms with Gasteiger partial charge in [-0.3, -0.25) is 4.72 Å². The molecule has 0 aliphatic heterocycles. The summed E-state index contributed by atoms with van der Waals surface area (Å²) >= 11 is 3.21. The molecule has 2 rings (SSSR count). The summed E-state index contributed by atoms with van der Waals surface area (Å²) in [7, 11) is -4.00. The van der Waals surface area contributed by atoms with E-state index in [0.29, 0.717) is 4.47 Å². The number of nitrogens with one attached hydrogen (secondary N) is 1. The van der Waals surface area contributed by atoms with E-state index in [9.17, 15) is 12.8 Å². The first-order valence-corrected chi connectivity index (χ1v) is 7.57. The van der Waals surface area contributed by atoms with E-state index in [4.69, 9.17) is 0 Å². The summed E-state index contributed by atoms with van der Waals surface area (Å²) in [6.45, 7) is 1.83. The van der Waals surface area contributed by atoms with Crippen LogP contribution in [0.1, 0.15) is 5.56 Å². The minimum atomic E-state index is -4.00. The predicted molar refractivity (Wildman–Crippen MR) is 73.9 cm³/mol. The predicted octanol–water partition coefficient (Wildman–Crippen LogP) is 3.09. The van der Waals surface area contributed by atoms with Gasteiger partial charge in [0.15, 0.2) is 5.82 Å². The minimum Gasteiger partial charge on any atom is -0.262 e. The van der Waals surface area contributed by atoms with Gasteiger partial charge in [0, 0.05) is 6.20 Å². The normalized spacial score (nSPS) is 11.3. The van der Waals surface area contributed by atoms with Crippen LogP contribution in [0.15, 0.2) is 45.9 Å². The Morgan fingerprint density at radius 3 is 2.63 bits per heavy atom. The molecule has 0 aliphatic carbocycles. The van der Waals surface area contributed by atoms with Crippen LogP contribution in [0.2, 0.25) is 0 Å². The third-order valence-corrected chi connectivity index (χ3v) is 4.31. The molecule has 0 radical (unpaired) electrons. The quantitative estimate of drug-likeness (QED) is 0.930. The van der Waals surface area contributed by atoms with E-state index in [0.717, 1.165) is 11.6 Å². The highest BCUT2D eigenvalue weighted by Crippen LogP contribution is 2.24. The van der Waals surface area contributed by atoms with E-state index < -0.39 is 20.7 Å². The maximum absolute atomic E-state index is 13.5. The van der Waals surface area contributed by atoms with Crippen LogP contribution in [0, 0.1) is 12.7 Å². The molecule has 0 bridgehead atoms. The molecule has 0 atom stereocenters. The third-order valence-electron chi connectivity index (χ3n) is 2.34. The zero-order chi connectivity index (χ0) is 14.0. The van der Waals surface area contributed by atoms with E-state index in [1.807, 2.05) is 6.92 Å². The van der Waals surface area contributed by atoms with Gasteiger partial charge in [0.25, 0.3) is 10.0 Å². The second-order valence-electron chi connectivity index (χ2n) is 3.88. The first kappa shape index (κ1) is 14.0. The molecular weight excluding hydrogens is 335 g/mol. The summed E-state index contributed by atoms with van der Waals surface area (Å²) in [5, 5.41) is 0. The van der Waals surface area contributed by atoms with Crippen molar-refractivity contribution in [1.29, 1.82) is 0 Å². The fourth-order valence-electron chi connectivity index (χ4n) is 1.45. The molecule has 0 saturated carbocycles. The largest absolute Gasteiger partial charge is 0.265 e. The van der Waals surface area contributed by atoms with Crippen molar-refractivity contribution in [3.8, 4) is 0 Å². The molecule has 2 aromatic rings. The second-order valence-corrected chi connectivity index (χ2v) is 6.38. The van der Waals surface area contributed by atoms with Crippen molar-refractivity contribution in [2.45, 2.75) is 11.8 Å². The Kier molecular flexibility index (Phi) is 3.86. The molecule has 0 unspecified atom stereocenters. The Morgan fingerprint density at radius 2 is 2.00 bits per heavy atom. The Balaban J connectivity index is 2.40. The highest BCUT2D eigenvalue weighted by molar-refractivity contribution is 9.10. The first-order chi connectivity index (χ1) is 8.90. The van der Waals surface area contributed by atoms with Gasteiger partial charge in [0.05, 0.1) is 4.47 Å². The topological polar surface area (TPSA) is 59.1 Å². The second kappa shape index (κ2) is 5.26. The van der Waals surface area contributed by atoms with Gasteiger partial charge in [0.1, 0.15) is 10.7 Å². The SMILES string of the molecule is Cc1cnc(NS(=O)(=O)c2ccccc2F)c(Br)c1. The lowest BCUT2D eigenvalue weighted by atomic mass is 10.3. The number of sulfonamides is 1. The zero-order valence-electron chi connectivity index (χ0n) is 9.89. The number of hydrogen-bond acceptors (Lipinski definition) is 3. The molecule has 4 nitrogen and oxygen atoms in total. The molecule has 1 aromatic heterocycles. The van der Waals surface area contributed by atoms with Gasteiger partial charge in [-0.2, -0.15) is 0 Å². The fraction of sp³-hybridized carbons (Fsp3) is 0.0833. The van der Waals surface area contributed by atoms with Crippen LogP contribution >= 0.6 is 15.9 Å². The van der Waals surface area contributed by atoms with E-state index >= 15 is 0 Å². The summed E-state index contributed by atoms with van der Waals surface area (Å²) in [5.41, 5.74) is 0.876. The van der Waals surface area contributed by atoms with E-state index in [2.05, 4.69) is 25.6 Å². The van der Waals surface area contributed by atoms with Gasteiger partial charge >= 0.3 is 0 Å². The lowest BCUT2D eigenvalue weighted by molar-refractivity contribution is 0.570. The molecule has 100 valence electrons. The maximum atomic E-state index is 13.5. The first-order valence-electron chi connectivity index (χ1n) is 5.29. The number of rotatable bonds is 3. The average Bonchev–Trinajstić information content (AvgIpc) is 2.33. The molecule has 0 fully saturated rings. The van der Waals surface area contributed by atoms with Crippen LogP contribution in [-0.4, -0.2) is 13.4 Å². The Morgan fingerprint density at radius 1 is 1.32 bits per heavy atom. The number of nitrogens with zero attached hydrogens (tertiary/aromatic N) is 1. The number of aromatic nitrogens is 1. The molecule has 1 aromatic carbocycles. The van der Waals surface area contributed by atoms with Crippen LogP contribution < -0.4 is 4.72 Å². The zero-order valence-corrected chi connectivity index (χ0v) is 12.3. The highest BCUT2D eigenvalue weighted by Gasteiger charge is 2.20. The van der Waals surface area contributed by atoms with Gasteiger partial charge in [-0.25, -0.2) is 17.8 Å². The molecule has 19 heavy (non-hydrogen) atoms. The van der Waals surface area contributed by atoms with Crippen molar-refractivity contribution >= 4 is 31.8 Å². The lowest BCUT2D eigenvalue weighted by Crippen LogP contribution is -2.15. The molecule has 0 spiro atoms. The van der Waals surface area contributed by atoms with Crippen LogP contribution in [0.5, 0.6) is 0 Å². The van der Waals surface area contributed by atoms with Gasteiger partial charge in [0.2, 0.25) is 0 Å². The highest BCUT2D eigenvalue weighted by atomic mass is 79.9. The molecular formula is C12H10BrFN2O2S. The van der Waals surface area contributed by atoms with Gasteiger partial charge < -0.3 is 0 Å². The number of benzene rings is 1. The van der Waals surface area contributed by atoms with Crippen molar-refractivity contribution in [3.05, 3.63) is 52.4 Å². The Bertz CT molecular complexity index is 719. The van der Waals surface area contributed by atoms with Crippen molar-refractivity contribution in [2.75, 3.05) is 4.72 Å². The number of halogens is 2. The van der Waals surface area contributed by atoms with Crippen molar-refractivity contribution in [1.82, 2.24) is 4.98 Å². The van der Waals surface area contributed by atoms with Crippen molar-refractivity contribution in [3.63, 3.8) is 0 Å². The van der Waals surface area contributed by atoms with Gasteiger partial charge in [-0.1, -0.05) is 12.1 Å². The van der Waals surface area contributed by atoms with E-state index in [-0.39, 0.29) is 5.82 Å². The Labute approximate surface area is 118 Å².